The molecule has 1 heterocycles. The van der Waals surface area contributed by atoms with E-state index in [0.717, 1.165) is 25.6 Å². The second kappa shape index (κ2) is 8.22. The van der Waals surface area contributed by atoms with Crippen molar-refractivity contribution >= 4 is 34.8 Å². The molecule has 0 bridgehead atoms. The van der Waals surface area contributed by atoms with E-state index in [4.69, 9.17) is 23.2 Å². The van der Waals surface area contributed by atoms with Gasteiger partial charge in [0.05, 0.1) is 10.7 Å². The summed E-state index contributed by atoms with van der Waals surface area (Å²) in [5.41, 5.74) is 2.35. The number of benzene rings is 2. The van der Waals surface area contributed by atoms with Crippen LogP contribution in [0.25, 0.3) is 0 Å². The monoisotopic (exact) mass is 376 g/mol. The number of rotatable bonds is 4. The smallest absolute Gasteiger partial charge is 0.255 e. The summed E-state index contributed by atoms with van der Waals surface area (Å²) in [6.45, 7) is 5.54. The molecule has 0 aliphatic carbocycles. The van der Waals surface area contributed by atoms with E-state index in [2.05, 4.69) is 17.1 Å². The molecular formula is C20H22Cl2N2O. The summed E-state index contributed by atoms with van der Waals surface area (Å²) in [4.78, 5) is 14.9. The maximum Gasteiger partial charge on any atom is 0.255 e. The third-order valence-corrected chi connectivity index (χ3v) is 5.10. The molecule has 1 aliphatic heterocycles. The Morgan fingerprint density at radius 1 is 1.20 bits per heavy atom. The zero-order chi connectivity index (χ0) is 17.8. The number of likely N-dealkylation sites (tertiary alicyclic amines) is 1. The average molecular weight is 377 g/mol. The highest BCUT2D eigenvalue weighted by atomic mass is 35.5. The van der Waals surface area contributed by atoms with Gasteiger partial charge in [0.15, 0.2) is 0 Å². The van der Waals surface area contributed by atoms with Crippen LogP contribution in [0.1, 0.15) is 35.7 Å². The van der Waals surface area contributed by atoms with E-state index in [1.807, 2.05) is 24.3 Å². The van der Waals surface area contributed by atoms with Crippen LogP contribution in [0.3, 0.4) is 0 Å². The number of hydrogen-bond donors (Lipinski definition) is 1. The summed E-state index contributed by atoms with van der Waals surface area (Å²) in [5, 5.41) is 3.81. The molecule has 25 heavy (non-hydrogen) atoms. The summed E-state index contributed by atoms with van der Waals surface area (Å²) >= 11 is 12.0. The van der Waals surface area contributed by atoms with Crippen LogP contribution in [0.2, 0.25) is 10.0 Å². The van der Waals surface area contributed by atoms with Crippen LogP contribution in [-0.4, -0.2) is 23.9 Å². The first-order chi connectivity index (χ1) is 12.0. The Bertz CT molecular complexity index is 746. The molecule has 1 amide bonds. The number of nitrogens with one attached hydrogen (secondary N) is 1. The minimum atomic E-state index is -0.192. The van der Waals surface area contributed by atoms with Crippen molar-refractivity contribution in [1.29, 1.82) is 0 Å². The van der Waals surface area contributed by atoms with Crippen LogP contribution in [0, 0.1) is 5.92 Å². The molecule has 1 atom stereocenters. The molecule has 132 valence electrons. The largest absolute Gasteiger partial charge is 0.321 e. The van der Waals surface area contributed by atoms with E-state index in [9.17, 15) is 4.79 Å². The van der Waals surface area contributed by atoms with Gasteiger partial charge in [-0.15, -0.1) is 0 Å². The Labute approximate surface area is 158 Å². The molecule has 0 aromatic heterocycles. The molecular weight excluding hydrogens is 355 g/mol. The molecule has 3 rings (SSSR count). The molecule has 5 heteroatoms. The second-order valence-electron chi connectivity index (χ2n) is 6.76. The standard InChI is InChI=1S/C20H22Cl2N2O/c1-14-3-2-10-24(12-14)13-15-4-6-16(7-5-15)20(25)23-19-11-17(21)8-9-18(19)22/h4-9,11,14H,2-3,10,12-13H2,1H3,(H,23,25). The van der Waals surface area contributed by atoms with Crippen LogP contribution < -0.4 is 5.32 Å². The highest BCUT2D eigenvalue weighted by Gasteiger charge is 2.16. The van der Waals surface area contributed by atoms with Crippen LogP contribution in [0.15, 0.2) is 42.5 Å². The molecule has 0 saturated carbocycles. The Morgan fingerprint density at radius 3 is 2.68 bits per heavy atom. The normalized spacial score (nSPS) is 18.1. The van der Waals surface area contributed by atoms with Crippen molar-refractivity contribution in [3.63, 3.8) is 0 Å². The minimum absolute atomic E-state index is 0.192. The molecule has 2 aromatic carbocycles. The van der Waals surface area contributed by atoms with Gasteiger partial charge in [0.1, 0.15) is 0 Å². The molecule has 3 nitrogen and oxygen atoms in total. The molecule has 1 saturated heterocycles. The van der Waals surface area contributed by atoms with Gasteiger partial charge < -0.3 is 5.32 Å². The van der Waals surface area contributed by atoms with Gasteiger partial charge in [-0.1, -0.05) is 42.3 Å². The van der Waals surface area contributed by atoms with Crippen molar-refractivity contribution < 1.29 is 4.79 Å². The number of anilines is 1. The molecule has 2 aromatic rings. The van der Waals surface area contributed by atoms with Gasteiger partial charge in [0.2, 0.25) is 0 Å². The summed E-state index contributed by atoms with van der Waals surface area (Å²) < 4.78 is 0. The van der Waals surface area contributed by atoms with Crippen molar-refractivity contribution in [1.82, 2.24) is 4.90 Å². The predicted molar refractivity (Wildman–Crippen MR) is 105 cm³/mol. The quantitative estimate of drug-likeness (QED) is 0.766. The lowest BCUT2D eigenvalue weighted by atomic mass is 9.99. The fraction of sp³-hybridized carbons (Fsp3) is 0.350. The Morgan fingerprint density at radius 2 is 1.96 bits per heavy atom. The lowest BCUT2D eigenvalue weighted by molar-refractivity contribution is 0.102. The molecule has 0 radical (unpaired) electrons. The summed E-state index contributed by atoms with van der Waals surface area (Å²) in [6.07, 6.45) is 2.59. The van der Waals surface area contributed by atoms with Gasteiger partial charge >= 0.3 is 0 Å². The lowest BCUT2D eigenvalue weighted by Crippen LogP contribution is -2.33. The number of carbonyl (C=O) groups is 1. The van der Waals surface area contributed by atoms with Crippen molar-refractivity contribution in [2.45, 2.75) is 26.3 Å². The Kier molecular flexibility index (Phi) is 6.00. The Balaban J connectivity index is 1.63. The Hall–Kier alpha value is -1.55. The lowest BCUT2D eigenvalue weighted by Gasteiger charge is -2.30. The van der Waals surface area contributed by atoms with E-state index < -0.39 is 0 Å². The SMILES string of the molecule is CC1CCCN(Cc2ccc(C(=O)Nc3cc(Cl)ccc3Cl)cc2)C1. The number of amides is 1. The fourth-order valence-electron chi connectivity index (χ4n) is 3.24. The first-order valence-corrected chi connectivity index (χ1v) is 9.34. The molecule has 0 spiro atoms. The second-order valence-corrected chi connectivity index (χ2v) is 7.60. The first-order valence-electron chi connectivity index (χ1n) is 8.59. The minimum Gasteiger partial charge on any atom is -0.321 e. The predicted octanol–water partition coefficient (Wildman–Crippen LogP) is 5.48. The van der Waals surface area contributed by atoms with Gasteiger partial charge in [0.25, 0.3) is 5.91 Å². The van der Waals surface area contributed by atoms with Crippen LogP contribution in [0.4, 0.5) is 5.69 Å². The van der Waals surface area contributed by atoms with Gasteiger partial charge in [0, 0.05) is 23.7 Å². The molecule has 1 fully saturated rings. The van der Waals surface area contributed by atoms with Gasteiger partial charge in [-0.05, 0) is 61.2 Å². The number of hydrogen-bond acceptors (Lipinski definition) is 2. The van der Waals surface area contributed by atoms with E-state index in [1.165, 1.54) is 18.4 Å². The third-order valence-electron chi connectivity index (χ3n) is 4.54. The third kappa shape index (κ3) is 4.97. The van der Waals surface area contributed by atoms with Crippen LogP contribution in [-0.2, 0) is 6.54 Å². The van der Waals surface area contributed by atoms with E-state index in [-0.39, 0.29) is 5.91 Å². The number of nitrogens with zero attached hydrogens (tertiary/aromatic N) is 1. The van der Waals surface area contributed by atoms with Crippen LogP contribution in [0.5, 0.6) is 0 Å². The maximum atomic E-state index is 12.4. The van der Waals surface area contributed by atoms with Crippen molar-refractivity contribution in [3.05, 3.63) is 63.6 Å². The van der Waals surface area contributed by atoms with Crippen molar-refractivity contribution in [2.24, 2.45) is 5.92 Å². The van der Waals surface area contributed by atoms with Crippen molar-refractivity contribution in [2.75, 3.05) is 18.4 Å². The zero-order valence-electron chi connectivity index (χ0n) is 14.3. The molecule has 1 N–H and O–H groups in total. The highest BCUT2D eigenvalue weighted by Crippen LogP contribution is 2.26. The van der Waals surface area contributed by atoms with Gasteiger partial charge in [-0.3, -0.25) is 9.69 Å². The first kappa shape index (κ1) is 18.2. The maximum absolute atomic E-state index is 12.4. The summed E-state index contributed by atoms with van der Waals surface area (Å²) in [7, 11) is 0. The number of carbonyl (C=O) groups excluding carboxylic acids is 1. The zero-order valence-corrected chi connectivity index (χ0v) is 15.8. The van der Waals surface area contributed by atoms with Crippen molar-refractivity contribution in [3.8, 4) is 0 Å². The van der Waals surface area contributed by atoms with Gasteiger partial charge in [-0.25, -0.2) is 0 Å². The summed E-state index contributed by atoms with van der Waals surface area (Å²) in [6, 6.07) is 12.8. The van der Waals surface area contributed by atoms with E-state index >= 15 is 0 Å². The van der Waals surface area contributed by atoms with E-state index in [1.54, 1.807) is 18.2 Å². The number of halogens is 2. The average Bonchev–Trinajstić information content (AvgIpc) is 2.59. The van der Waals surface area contributed by atoms with Gasteiger partial charge in [-0.2, -0.15) is 0 Å². The van der Waals surface area contributed by atoms with E-state index in [0.29, 0.717) is 21.3 Å². The fourth-order valence-corrected chi connectivity index (χ4v) is 3.57. The molecule has 1 aliphatic rings. The van der Waals surface area contributed by atoms with Crippen LogP contribution >= 0.6 is 23.2 Å². The number of piperidine rings is 1. The molecule has 1 unspecified atom stereocenters. The highest BCUT2D eigenvalue weighted by molar-refractivity contribution is 6.35. The topological polar surface area (TPSA) is 32.3 Å². The summed E-state index contributed by atoms with van der Waals surface area (Å²) in [5.74, 6) is 0.573.